The molecule has 1 saturated heterocycles. The van der Waals surface area contributed by atoms with E-state index in [9.17, 15) is 19.5 Å². The van der Waals surface area contributed by atoms with Crippen LogP contribution in [0.3, 0.4) is 0 Å². The molecule has 0 radical (unpaired) electrons. The Balaban J connectivity index is 0.00000150. The van der Waals surface area contributed by atoms with Crippen LogP contribution in [0.4, 0.5) is 0 Å². The largest absolute Gasteiger partial charge is 0.508 e. The highest BCUT2D eigenvalue weighted by molar-refractivity contribution is 5.85. The molecule has 1 aliphatic heterocycles. The number of hydrogen-bond acceptors (Lipinski definition) is 6. The molecule has 3 rings (SSSR count). The van der Waals surface area contributed by atoms with E-state index < -0.39 is 5.97 Å². The minimum atomic E-state index is -0.404. The molecule has 1 heterocycles. The first-order valence-electron chi connectivity index (χ1n) is 13.9. The first-order valence-corrected chi connectivity index (χ1v) is 13.9. The molecule has 0 aromatic heterocycles. The van der Waals surface area contributed by atoms with Gasteiger partial charge in [-0.15, -0.1) is 12.4 Å². The maximum atomic E-state index is 13.2. The topological polar surface area (TPSA) is 95.9 Å². The Kier molecular flexibility index (Phi) is 15.0. The summed E-state index contributed by atoms with van der Waals surface area (Å²) in [6.45, 7) is 14.1. The molecule has 0 saturated carbocycles. The lowest BCUT2D eigenvalue weighted by atomic mass is 9.68. The van der Waals surface area contributed by atoms with Crippen molar-refractivity contribution in [3.63, 3.8) is 0 Å². The molecule has 3 atom stereocenters. The fourth-order valence-corrected chi connectivity index (χ4v) is 4.84. The summed E-state index contributed by atoms with van der Waals surface area (Å²) in [7, 11) is 0. The molecule has 40 heavy (non-hydrogen) atoms. The fourth-order valence-electron chi connectivity index (χ4n) is 4.84. The number of Topliss-reactive ketones (excluding diaryl/α,β-unsaturated/α-hetero) is 1. The molecule has 2 aromatic carbocycles. The Morgan fingerprint density at radius 1 is 1.10 bits per heavy atom. The average molecular weight is 575 g/mol. The molecule has 1 amide bonds. The molecule has 0 aliphatic carbocycles. The maximum Gasteiger partial charge on any atom is 0.325 e. The van der Waals surface area contributed by atoms with E-state index >= 15 is 0 Å². The number of aromatic hydroxyl groups is 1. The fraction of sp³-hybridized carbons (Fsp3) is 0.531. The van der Waals surface area contributed by atoms with Crippen molar-refractivity contribution in [3.8, 4) is 5.75 Å². The van der Waals surface area contributed by atoms with Crippen molar-refractivity contribution in [1.29, 1.82) is 0 Å². The standard InChI is InChI=1S/C29H40N2O4.C3H6O.ClH/c1-21(2)20-35-27(33)17-30-28(34)24(15-23-9-6-5-7-10-23)19-31-14-13-29(4,22(3)18-31)25-11-8-12-26(32)16-25;1-3(2)4;/h5-12,16,21-22,24,32H,13-15,17-20H2,1-4H3,(H,30,34);1-2H3;1H/t22-,24-,29+;;/m0../s1. The van der Waals surface area contributed by atoms with Crippen LogP contribution in [0, 0.1) is 17.8 Å². The second kappa shape index (κ2) is 17.0. The Bertz CT molecular complexity index is 1070. The van der Waals surface area contributed by atoms with Gasteiger partial charge in [-0.25, -0.2) is 0 Å². The average Bonchev–Trinajstić information content (AvgIpc) is 2.88. The van der Waals surface area contributed by atoms with Gasteiger partial charge in [0.2, 0.25) is 5.91 Å². The number of phenols is 1. The molecule has 7 nitrogen and oxygen atoms in total. The van der Waals surface area contributed by atoms with Crippen LogP contribution >= 0.6 is 12.4 Å². The van der Waals surface area contributed by atoms with Crippen molar-refractivity contribution < 1.29 is 24.2 Å². The van der Waals surface area contributed by atoms with Crippen molar-refractivity contribution in [2.45, 2.75) is 59.8 Å². The van der Waals surface area contributed by atoms with Gasteiger partial charge in [0.15, 0.2) is 0 Å². The van der Waals surface area contributed by atoms with Gasteiger partial charge in [0.1, 0.15) is 18.1 Å². The number of halogens is 1. The number of amides is 1. The van der Waals surface area contributed by atoms with E-state index in [1.165, 1.54) is 13.8 Å². The van der Waals surface area contributed by atoms with Crippen LogP contribution in [0.2, 0.25) is 0 Å². The van der Waals surface area contributed by atoms with Gasteiger partial charge in [0, 0.05) is 13.1 Å². The molecule has 1 fully saturated rings. The Hall–Kier alpha value is -2.90. The first kappa shape index (κ1) is 35.1. The Morgan fingerprint density at radius 3 is 2.33 bits per heavy atom. The molecule has 222 valence electrons. The summed E-state index contributed by atoms with van der Waals surface area (Å²) >= 11 is 0. The van der Waals surface area contributed by atoms with E-state index in [0.717, 1.165) is 30.6 Å². The molecule has 8 heteroatoms. The van der Waals surface area contributed by atoms with Gasteiger partial charge in [-0.05, 0) is 73.7 Å². The molecule has 0 spiro atoms. The number of nitrogens with one attached hydrogen (secondary N) is 1. The zero-order valence-electron chi connectivity index (χ0n) is 24.8. The lowest BCUT2D eigenvalue weighted by Crippen LogP contribution is -2.50. The summed E-state index contributed by atoms with van der Waals surface area (Å²) < 4.78 is 5.21. The van der Waals surface area contributed by atoms with Gasteiger partial charge in [0.25, 0.3) is 0 Å². The second-order valence-corrected chi connectivity index (χ2v) is 11.5. The van der Waals surface area contributed by atoms with Crippen molar-refractivity contribution >= 4 is 30.1 Å². The smallest absolute Gasteiger partial charge is 0.325 e. The van der Waals surface area contributed by atoms with Crippen LogP contribution in [0.15, 0.2) is 54.6 Å². The van der Waals surface area contributed by atoms with Crippen LogP contribution in [-0.2, 0) is 31.0 Å². The van der Waals surface area contributed by atoms with E-state index in [4.69, 9.17) is 4.74 Å². The number of nitrogens with zero attached hydrogens (tertiary/aromatic N) is 1. The van der Waals surface area contributed by atoms with Gasteiger partial charge in [-0.3, -0.25) is 9.59 Å². The van der Waals surface area contributed by atoms with Gasteiger partial charge in [-0.2, -0.15) is 0 Å². The number of hydrogen-bond donors (Lipinski definition) is 2. The van der Waals surface area contributed by atoms with Gasteiger partial charge >= 0.3 is 5.97 Å². The lowest BCUT2D eigenvalue weighted by molar-refractivity contribution is -0.145. The van der Waals surface area contributed by atoms with Crippen molar-refractivity contribution in [2.75, 3.05) is 32.8 Å². The Labute approximate surface area is 246 Å². The number of ether oxygens (including phenoxy) is 1. The minimum Gasteiger partial charge on any atom is -0.508 e. The highest BCUT2D eigenvalue weighted by Gasteiger charge is 2.39. The molecule has 1 aliphatic rings. The third-order valence-corrected chi connectivity index (χ3v) is 7.23. The SMILES string of the molecule is CC(C)=O.CC(C)COC(=O)CNC(=O)[C@@H](Cc1ccccc1)CN1CC[C@@](C)(c2cccc(O)c2)[C@@H](C)C1.Cl. The summed E-state index contributed by atoms with van der Waals surface area (Å²) in [6, 6.07) is 17.6. The monoisotopic (exact) mass is 574 g/mol. The minimum absolute atomic E-state index is 0. The number of rotatable bonds is 10. The second-order valence-electron chi connectivity index (χ2n) is 11.5. The zero-order chi connectivity index (χ0) is 29.0. The third kappa shape index (κ3) is 11.7. The predicted octanol–water partition coefficient (Wildman–Crippen LogP) is 5.18. The molecule has 2 aromatic rings. The summed E-state index contributed by atoms with van der Waals surface area (Å²) in [6.07, 6.45) is 1.56. The van der Waals surface area contributed by atoms with Crippen LogP contribution in [-0.4, -0.2) is 60.5 Å². The first-order chi connectivity index (χ1) is 18.4. The summed E-state index contributed by atoms with van der Waals surface area (Å²) in [5, 5.41) is 12.8. The van der Waals surface area contributed by atoms with Gasteiger partial charge < -0.3 is 24.9 Å². The normalized spacial score (nSPS) is 19.4. The van der Waals surface area contributed by atoms with Crippen molar-refractivity contribution in [1.82, 2.24) is 10.2 Å². The lowest BCUT2D eigenvalue weighted by Gasteiger charge is -2.45. The number of carbonyl (C=O) groups excluding carboxylic acids is 3. The van der Waals surface area contributed by atoms with Gasteiger partial charge in [-0.1, -0.05) is 70.2 Å². The molecular weight excluding hydrogens is 528 g/mol. The number of esters is 1. The number of piperidine rings is 1. The van der Waals surface area contributed by atoms with E-state index in [-0.39, 0.29) is 47.9 Å². The van der Waals surface area contributed by atoms with Crippen LogP contribution in [0.25, 0.3) is 0 Å². The maximum absolute atomic E-state index is 13.2. The number of ketones is 1. The number of carbonyl (C=O) groups is 3. The van der Waals surface area contributed by atoms with E-state index in [0.29, 0.717) is 31.2 Å². The van der Waals surface area contributed by atoms with Crippen molar-refractivity contribution in [2.24, 2.45) is 17.8 Å². The van der Waals surface area contributed by atoms with Crippen LogP contribution in [0.5, 0.6) is 5.75 Å². The highest BCUT2D eigenvalue weighted by Crippen LogP contribution is 2.40. The molecule has 0 bridgehead atoms. The van der Waals surface area contributed by atoms with Crippen LogP contribution in [0.1, 0.15) is 59.1 Å². The Morgan fingerprint density at radius 2 is 1.75 bits per heavy atom. The van der Waals surface area contributed by atoms with E-state index in [2.05, 4.69) is 30.1 Å². The zero-order valence-corrected chi connectivity index (χ0v) is 25.6. The molecule has 2 N–H and O–H groups in total. The molecule has 0 unspecified atom stereocenters. The number of benzene rings is 2. The summed E-state index contributed by atoms with van der Waals surface area (Å²) in [5.41, 5.74) is 2.22. The van der Waals surface area contributed by atoms with Gasteiger partial charge in [0.05, 0.1) is 12.5 Å². The van der Waals surface area contributed by atoms with E-state index in [1.807, 2.05) is 56.3 Å². The third-order valence-electron chi connectivity index (χ3n) is 7.23. The molecular formula is C32H47ClN2O5. The predicted molar refractivity (Wildman–Crippen MR) is 162 cm³/mol. The van der Waals surface area contributed by atoms with E-state index in [1.54, 1.807) is 6.07 Å². The van der Waals surface area contributed by atoms with Crippen molar-refractivity contribution in [3.05, 3.63) is 65.7 Å². The number of phenolic OH excluding ortho intramolecular Hbond substituents is 1. The summed E-state index contributed by atoms with van der Waals surface area (Å²) in [4.78, 5) is 37.0. The van der Waals surface area contributed by atoms with Crippen LogP contribution < -0.4 is 5.32 Å². The highest BCUT2D eigenvalue weighted by atomic mass is 35.5. The number of likely N-dealkylation sites (tertiary alicyclic amines) is 1. The quantitative estimate of drug-likeness (QED) is 0.379. The summed E-state index contributed by atoms with van der Waals surface area (Å²) in [5.74, 6) is 0.275.